The maximum Gasteiger partial charge on any atom is 0.0544 e. The van der Waals surface area contributed by atoms with Gasteiger partial charge in [0, 0.05) is 0 Å². The molecule has 0 saturated heterocycles. The van der Waals surface area contributed by atoms with E-state index in [1.807, 2.05) is 11.3 Å². The lowest BCUT2D eigenvalue weighted by atomic mass is 9.91. The van der Waals surface area contributed by atoms with Crippen molar-refractivity contribution >= 4 is 11.3 Å². The molecule has 1 nitrogen and oxygen atoms in total. The summed E-state index contributed by atoms with van der Waals surface area (Å²) < 4.78 is 0. The number of likely N-dealkylation sites (N-methyl/N-ethyl adjacent to an activating group) is 1. The van der Waals surface area contributed by atoms with Gasteiger partial charge in [0.25, 0.3) is 0 Å². The third-order valence-electron chi connectivity index (χ3n) is 3.69. The molecule has 1 N–H and O–H groups in total. The third-order valence-corrected chi connectivity index (χ3v) is 4.57. The minimum absolute atomic E-state index is 0.444. The van der Waals surface area contributed by atoms with Gasteiger partial charge in [0.2, 0.25) is 0 Å². The highest BCUT2D eigenvalue weighted by Gasteiger charge is 2.17. The Hall–Kier alpha value is -0.600. The zero-order valence-electron chi connectivity index (χ0n) is 11.0. The van der Waals surface area contributed by atoms with Crippen molar-refractivity contribution in [2.45, 2.75) is 51.5 Å². The van der Waals surface area contributed by atoms with Crippen molar-refractivity contribution in [2.75, 3.05) is 7.05 Å². The summed E-state index contributed by atoms with van der Waals surface area (Å²) >= 11 is 1.82. The quantitative estimate of drug-likeness (QED) is 0.772. The van der Waals surface area contributed by atoms with E-state index >= 15 is 0 Å². The van der Waals surface area contributed by atoms with Crippen LogP contribution >= 0.6 is 11.3 Å². The lowest BCUT2D eigenvalue weighted by molar-refractivity contribution is 0.573. The summed E-state index contributed by atoms with van der Waals surface area (Å²) in [6, 6.07) is 0.444. The van der Waals surface area contributed by atoms with Crippen molar-refractivity contribution in [3.8, 4) is 0 Å². The minimum Gasteiger partial charge on any atom is -0.310 e. The number of hydrogen-bond acceptors (Lipinski definition) is 2. The maximum absolute atomic E-state index is 3.50. The van der Waals surface area contributed by atoms with Gasteiger partial charge in [0.05, 0.1) is 6.04 Å². The molecule has 1 unspecified atom stereocenters. The molecule has 1 aliphatic rings. The van der Waals surface area contributed by atoms with Gasteiger partial charge in [-0.1, -0.05) is 24.5 Å². The van der Waals surface area contributed by atoms with Crippen LogP contribution in [0.1, 0.15) is 55.7 Å². The van der Waals surface area contributed by atoms with E-state index in [1.54, 1.807) is 5.57 Å². The maximum atomic E-state index is 3.50. The van der Waals surface area contributed by atoms with E-state index in [1.165, 1.54) is 49.7 Å². The Balaban J connectivity index is 2.19. The zero-order chi connectivity index (χ0) is 12.1. The topological polar surface area (TPSA) is 12.0 Å². The summed E-state index contributed by atoms with van der Waals surface area (Å²) in [6.45, 7) is 2.22. The van der Waals surface area contributed by atoms with Gasteiger partial charge in [-0.3, -0.25) is 0 Å². The molecule has 1 aromatic rings. The fraction of sp³-hybridized carbons (Fsp3) is 0.600. The molecule has 0 radical (unpaired) electrons. The van der Waals surface area contributed by atoms with Crippen molar-refractivity contribution in [1.29, 1.82) is 0 Å². The highest BCUT2D eigenvalue weighted by Crippen LogP contribution is 2.31. The lowest BCUT2D eigenvalue weighted by Gasteiger charge is -2.22. The van der Waals surface area contributed by atoms with E-state index < -0.39 is 0 Å². The van der Waals surface area contributed by atoms with Gasteiger partial charge < -0.3 is 5.32 Å². The molecular weight excluding hydrogens is 226 g/mol. The van der Waals surface area contributed by atoms with Gasteiger partial charge in [-0.25, -0.2) is 0 Å². The average molecular weight is 249 g/mol. The van der Waals surface area contributed by atoms with Gasteiger partial charge in [0.1, 0.15) is 0 Å². The van der Waals surface area contributed by atoms with E-state index in [0.29, 0.717) is 6.04 Å². The van der Waals surface area contributed by atoms with Crippen LogP contribution in [0.15, 0.2) is 22.4 Å². The van der Waals surface area contributed by atoms with Crippen molar-refractivity contribution < 1.29 is 0 Å². The number of thiophene rings is 1. The Morgan fingerprint density at radius 3 is 2.71 bits per heavy atom. The summed E-state index contributed by atoms with van der Waals surface area (Å²) in [5.41, 5.74) is 4.51. The Morgan fingerprint density at radius 1 is 1.18 bits per heavy atom. The second-order valence-corrected chi connectivity index (χ2v) is 5.71. The lowest BCUT2D eigenvalue weighted by Crippen LogP contribution is -2.19. The highest BCUT2D eigenvalue weighted by molar-refractivity contribution is 7.08. The Labute approximate surface area is 109 Å². The van der Waals surface area contributed by atoms with Crippen LogP contribution in [-0.4, -0.2) is 7.05 Å². The van der Waals surface area contributed by atoms with E-state index in [4.69, 9.17) is 0 Å². The molecule has 2 heteroatoms. The molecule has 0 saturated carbocycles. The average Bonchev–Trinajstić information content (AvgIpc) is 2.69. The predicted octanol–water partition coefficient (Wildman–Crippen LogP) is 4.60. The first-order valence-corrected chi connectivity index (χ1v) is 7.66. The van der Waals surface area contributed by atoms with Crippen LogP contribution in [-0.2, 0) is 0 Å². The fourth-order valence-electron chi connectivity index (χ4n) is 2.69. The molecule has 0 fully saturated rings. The second-order valence-electron chi connectivity index (χ2n) is 4.96. The van der Waals surface area contributed by atoms with Crippen molar-refractivity contribution in [1.82, 2.24) is 5.32 Å². The Kier molecular flexibility index (Phi) is 4.81. The molecule has 0 amide bonds. The van der Waals surface area contributed by atoms with Crippen molar-refractivity contribution in [2.24, 2.45) is 0 Å². The summed E-state index contributed by atoms with van der Waals surface area (Å²) in [6.07, 6.45) is 10.5. The first kappa shape index (κ1) is 12.8. The van der Waals surface area contributed by atoms with E-state index in [9.17, 15) is 0 Å². The minimum atomic E-state index is 0.444. The molecule has 2 rings (SSSR count). The molecule has 1 atom stereocenters. The number of nitrogens with one attached hydrogen (secondary N) is 1. The Bertz CT molecular complexity index is 378. The van der Waals surface area contributed by atoms with Crippen LogP contribution in [0.4, 0.5) is 0 Å². The van der Waals surface area contributed by atoms with Crippen LogP contribution in [0.2, 0.25) is 0 Å². The highest BCUT2D eigenvalue weighted by atomic mass is 32.1. The van der Waals surface area contributed by atoms with Crippen LogP contribution in [0.25, 0.3) is 0 Å². The van der Waals surface area contributed by atoms with Crippen LogP contribution < -0.4 is 5.32 Å². The summed E-state index contributed by atoms with van der Waals surface area (Å²) in [4.78, 5) is 0. The van der Waals surface area contributed by atoms with Gasteiger partial charge in [0.15, 0.2) is 0 Å². The number of allylic oxidation sites excluding steroid dienone is 1. The first-order chi connectivity index (χ1) is 8.33. The monoisotopic (exact) mass is 249 g/mol. The molecule has 17 heavy (non-hydrogen) atoms. The van der Waals surface area contributed by atoms with Crippen LogP contribution in [0.5, 0.6) is 0 Å². The molecule has 0 bridgehead atoms. The number of aryl methyl sites for hydroxylation is 1. The summed E-state index contributed by atoms with van der Waals surface area (Å²) in [7, 11) is 2.08. The molecule has 94 valence electrons. The molecule has 1 heterocycles. The standard InChI is InChI=1S/C15H23NS/c1-12-10-17-11-14(12)15(16-2)13-8-6-4-3-5-7-9-13/h8,10-11,15-16H,3-7,9H2,1-2H3/b13-8+. The third kappa shape index (κ3) is 3.20. The largest absolute Gasteiger partial charge is 0.310 e. The summed E-state index contributed by atoms with van der Waals surface area (Å²) in [5, 5.41) is 8.06. The summed E-state index contributed by atoms with van der Waals surface area (Å²) in [5.74, 6) is 0. The molecule has 1 aromatic heterocycles. The van der Waals surface area contributed by atoms with E-state index in [-0.39, 0.29) is 0 Å². The van der Waals surface area contributed by atoms with Gasteiger partial charge in [-0.15, -0.1) is 0 Å². The SMILES string of the molecule is CNC(/C1=C/CCCCCC1)c1cscc1C. The van der Waals surface area contributed by atoms with Crippen LogP contribution in [0, 0.1) is 6.92 Å². The molecule has 0 spiro atoms. The molecule has 0 aromatic carbocycles. The molecular formula is C15H23NS. The number of hydrogen-bond donors (Lipinski definition) is 1. The van der Waals surface area contributed by atoms with E-state index in [0.717, 1.165) is 0 Å². The molecule has 1 aliphatic carbocycles. The fourth-order valence-corrected chi connectivity index (χ4v) is 3.56. The van der Waals surface area contributed by atoms with Crippen molar-refractivity contribution in [3.63, 3.8) is 0 Å². The predicted molar refractivity (Wildman–Crippen MR) is 76.6 cm³/mol. The molecule has 0 aliphatic heterocycles. The Morgan fingerprint density at radius 2 is 2.00 bits per heavy atom. The smallest absolute Gasteiger partial charge is 0.0544 e. The van der Waals surface area contributed by atoms with Gasteiger partial charge in [-0.05, 0) is 61.5 Å². The normalized spacial score (nSPS) is 22.4. The van der Waals surface area contributed by atoms with Crippen molar-refractivity contribution in [3.05, 3.63) is 33.5 Å². The van der Waals surface area contributed by atoms with Gasteiger partial charge >= 0.3 is 0 Å². The first-order valence-electron chi connectivity index (χ1n) is 6.72. The zero-order valence-corrected chi connectivity index (χ0v) is 11.8. The van der Waals surface area contributed by atoms with E-state index in [2.05, 4.69) is 36.1 Å². The van der Waals surface area contributed by atoms with Gasteiger partial charge in [-0.2, -0.15) is 11.3 Å². The van der Waals surface area contributed by atoms with Crippen LogP contribution in [0.3, 0.4) is 0 Å². The number of rotatable bonds is 3. The second kappa shape index (κ2) is 6.36.